The van der Waals surface area contributed by atoms with Gasteiger partial charge in [-0.3, -0.25) is 5.84 Å². The van der Waals surface area contributed by atoms with E-state index in [0.717, 1.165) is 15.7 Å². The summed E-state index contributed by atoms with van der Waals surface area (Å²) < 4.78 is 0.853. The van der Waals surface area contributed by atoms with E-state index in [9.17, 15) is 0 Å². The van der Waals surface area contributed by atoms with Crippen LogP contribution in [0.2, 0.25) is 0 Å². The Hall–Kier alpha value is -0.580. The molecule has 11 heavy (non-hydrogen) atoms. The van der Waals surface area contributed by atoms with Crippen molar-refractivity contribution < 1.29 is 5.11 Å². The minimum Gasteiger partial charge on any atom is -0.392 e. The van der Waals surface area contributed by atoms with Crippen molar-refractivity contribution >= 4 is 21.6 Å². The molecule has 1 aromatic rings. The first-order valence-electron chi connectivity index (χ1n) is 3.14. The van der Waals surface area contributed by atoms with Crippen LogP contribution in [0.25, 0.3) is 0 Å². The third-order valence-corrected chi connectivity index (χ3v) is 2.08. The van der Waals surface area contributed by atoms with E-state index < -0.39 is 0 Å². The first-order chi connectivity index (χ1) is 5.29. The molecule has 0 aliphatic heterocycles. The van der Waals surface area contributed by atoms with E-state index in [1.54, 1.807) is 6.07 Å². The maximum absolute atomic E-state index is 8.86. The zero-order valence-corrected chi connectivity index (χ0v) is 7.43. The van der Waals surface area contributed by atoms with Gasteiger partial charge in [-0.15, -0.1) is 0 Å². The summed E-state index contributed by atoms with van der Waals surface area (Å²) in [7, 11) is 0. The molecule has 0 spiro atoms. The van der Waals surface area contributed by atoms with E-state index in [1.165, 1.54) is 0 Å². The van der Waals surface area contributed by atoms with Crippen molar-refractivity contribution in [3.8, 4) is 0 Å². The van der Waals surface area contributed by atoms with Crippen LogP contribution in [-0.2, 0) is 6.61 Å². The molecule has 4 N–H and O–H groups in total. The van der Waals surface area contributed by atoms with Gasteiger partial charge < -0.3 is 10.5 Å². The Morgan fingerprint density at radius 1 is 1.55 bits per heavy atom. The molecule has 0 aliphatic carbocycles. The number of benzene rings is 1. The standard InChI is InChI=1S/C7H9BrN2O/c8-6-3-1-2-5(4-11)7(6)10-9/h1-3,10-11H,4,9H2. The van der Waals surface area contributed by atoms with Gasteiger partial charge in [-0.05, 0) is 22.0 Å². The zero-order chi connectivity index (χ0) is 8.27. The second-order valence-corrected chi connectivity index (χ2v) is 2.93. The van der Waals surface area contributed by atoms with Crippen LogP contribution < -0.4 is 11.3 Å². The molecule has 0 atom stereocenters. The van der Waals surface area contributed by atoms with Crippen molar-refractivity contribution in [2.24, 2.45) is 5.84 Å². The molecule has 1 aromatic carbocycles. The second kappa shape index (κ2) is 3.71. The molecular weight excluding hydrogens is 208 g/mol. The van der Waals surface area contributed by atoms with Gasteiger partial charge in [-0.2, -0.15) is 0 Å². The predicted octanol–water partition coefficient (Wildman–Crippen LogP) is 1.23. The summed E-state index contributed by atoms with van der Waals surface area (Å²) in [6.45, 7) is -0.0149. The first kappa shape index (κ1) is 8.52. The summed E-state index contributed by atoms with van der Waals surface area (Å²) in [6.07, 6.45) is 0. The van der Waals surface area contributed by atoms with Gasteiger partial charge in [0.1, 0.15) is 0 Å². The molecular formula is C7H9BrN2O. The summed E-state index contributed by atoms with van der Waals surface area (Å²) >= 11 is 3.29. The summed E-state index contributed by atoms with van der Waals surface area (Å²) in [5.41, 5.74) is 4.02. The minimum atomic E-state index is -0.0149. The molecule has 1 rings (SSSR count). The van der Waals surface area contributed by atoms with Gasteiger partial charge in [0, 0.05) is 10.0 Å². The fraction of sp³-hybridized carbons (Fsp3) is 0.143. The Bertz CT molecular complexity index is 252. The smallest absolute Gasteiger partial charge is 0.0702 e. The normalized spacial score (nSPS) is 9.73. The summed E-state index contributed by atoms with van der Waals surface area (Å²) in [6, 6.07) is 5.50. The van der Waals surface area contributed by atoms with E-state index in [-0.39, 0.29) is 6.61 Å². The van der Waals surface area contributed by atoms with Crippen LogP contribution in [0.3, 0.4) is 0 Å². The Labute approximate surface area is 73.3 Å². The number of hydrazine groups is 1. The van der Waals surface area contributed by atoms with Crippen LogP contribution in [0.5, 0.6) is 0 Å². The molecule has 3 nitrogen and oxygen atoms in total. The highest BCUT2D eigenvalue weighted by Gasteiger charge is 2.02. The number of hydrogen-bond donors (Lipinski definition) is 3. The van der Waals surface area contributed by atoms with Gasteiger partial charge in [0.05, 0.1) is 12.3 Å². The van der Waals surface area contributed by atoms with E-state index in [2.05, 4.69) is 21.4 Å². The Morgan fingerprint density at radius 2 is 2.27 bits per heavy atom. The number of nitrogens with two attached hydrogens (primary N) is 1. The van der Waals surface area contributed by atoms with Crippen LogP contribution >= 0.6 is 15.9 Å². The molecule has 0 radical (unpaired) electrons. The Morgan fingerprint density at radius 3 is 2.73 bits per heavy atom. The maximum Gasteiger partial charge on any atom is 0.0702 e. The third kappa shape index (κ3) is 1.71. The minimum absolute atomic E-state index is 0.0149. The number of aliphatic hydroxyl groups excluding tert-OH is 1. The van der Waals surface area contributed by atoms with Gasteiger partial charge >= 0.3 is 0 Å². The van der Waals surface area contributed by atoms with Gasteiger partial charge in [-0.25, -0.2) is 0 Å². The van der Waals surface area contributed by atoms with Crippen molar-refractivity contribution in [2.45, 2.75) is 6.61 Å². The number of nitrogen functional groups attached to an aromatic ring is 1. The zero-order valence-electron chi connectivity index (χ0n) is 5.84. The van der Waals surface area contributed by atoms with Crippen molar-refractivity contribution in [3.05, 3.63) is 28.2 Å². The monoisotopic (exact) mass is 216 g/mol. The predicted molar refractivity (Wildman–Crippen MR) is 47.9 cm³/mol. The van der Waals surface area contributed by atoms with E-state index in [0.29, 0.717) is 0 Å². The molecule has 0 heterocycles. The molecule has 0 unspecified atom stereocenters. The summed E-state index contributed by atoms with van der Waals surface area (Å²) in [5.74, 6) is 5.24. The van der Waals surface area contributed by atoms with Crippen LogP contribution in [0, 0.1) is 0 Å². The van der Waals surface area contributed by atoms with Crippen LogP contribution in [0.1, 0.15) is 5.56 Å². The molecule has 0 fully saturated rings. The molecule has 0 bridgehead atoms. The topological polar surface area (TPSA) is 58.3 Å². The Balaban J connectivity index is 3.13. The van der Waals surface area contributed by atoms with E-state index >= 15 is 0 Å². The lowest BCUT2D eigenvalue weighted by Gasteiger charge is -2.07. The Kier molecular flexibility index (Phi) is 2.87. The number of nitrogens with one attached hydrogen (secondary N) is 1. The number of anilines is 1. The largest absolute Gasteiger partial charge is 0.392 e. The van der Waals surface area contributed by atoms with Gasteiger partial charge in [0.2, 0.25) is 0 Å². The van der Waals surface area contributed by atoms with E-state index in [4.69, 9.17) is 10.9 Å². The highest BCUT2D eigenvalue weighted by Crippen LogP contribution is 2.24. The molecule has 0 aliphatic rings. The lowest BCUT2D eigenvalue weighted by Crippen LogP contribution is -2.09. The number of halogens is 1. The first-order valence-corrected chi connectivity index (χ1v) is 3.93. The summed E-state index contributed by atoms with van der Waals surface area (Å²) in [4.78, 5) is 0. The number of rotatable bonds is 2. The second-order valence-electron chi connectivity index (χ2n) is 2.08. The molecule has 0 saturated heterocycles. The third-order valence-electron chi connectivity index (χ3n) is 1.41. The average Bonchev–Trinajstić information content (AvgIpc) is 2.04. The van der Waals surface area contributed by atoms with Crippen molar-refractivity contribution in [2.75, 3.05) is 5.43 Å². The SMILES string of the molecule is NNc1c(Br)cccc1CO. The molecule has 0 aromatic heterocycles. The highest BCUT2D eigenvalue weighted by molar-refractivity contribution is 9.10. The fourth-order valence-corrected chi connectivity index (χ4v) is 1.38. The van der Waals surface area contributed by atoms with Crippen LogP contribution in [-0.4, -0.2) is 5.11 Å². The molecule has 4 heteroatoms. The maximum atomic E-state index is 8.86. The molecule has 0 saturated carbocycles. The quantitative estimate of drug-likeness (QED) is 0.515. The van der Waals surface area contributed by atoms with Crippen LogP contribution in [0.4, 0.5) is 5.69 Å². The van der Waals surface area contributed by atoms with E-state index in [1.807, 2.05) is 12.1 Å². The molecule has 60 valence electrons. The highest BCUT2D eigenvalue weighted by atomic mass is 79.9. The summed E-state index contributed by atoms with van der Waals surface area (Å²) in [5, 5.41) is 8.86. The number of para-hydroxylation sites is 1. The lowest BCUT2D eigenvalue weighted by molar-refractivity contribution is 0.282. The van der Waals surface area contributed by atoms with Crippen molar-refractivity contribution in [3.63, 3.8) is 0 Å². The van der Waals surface area contributed by atoms with Gasteiger partial charge in [0.25, 0.3) is 0 Å². The average molecular weight is 217 g/mol. The number of aliphatic hydroxyl groups is 1. The van der Waals surface area contributed by atoms with Crippen molar-refractivity contribution in [1.29, 1.82) is 0 Å². The fourth-order valence-electron chi connectivity index (χ4n) is 0.862. The van der Waals surface area contributed by atoms with Crippen LogP contribution in [0.15, 0.2) is 22.7 Å². The van der Waals surface area contributed by atoms with Gasteiger partial charge in [0.15, 0.2) is 0 Å². The molecule has 0 amide bonds. The van der Waals surface area contributed by atoms with Crippen molar-refractivity contribution in [1.82, 2.24) is 0 Å². The number of hydrogen-bond acceptors (Lipinski definition) is 3. The lowest BCUT2D eigenvalue weighted by atomic mass is 10.2. The van der Waals surface area contributed by atoms with Gasteiger partial charge in [-0.1, -0.05) is 12.1 Å².